The first-order valence-corrected chi connectivity index (χ1v) is 14.7. The van der Waals surface area contributed by atoms with Crippen LogP contribution < -0.4 is 9.47 Å². The molecule has 1 saturated heterocycles. The molecule has 0 atom stereocenters. The molecule has 3 heterocycles. The van der Waals surface area contributed by atoms with Crippen LogP contribution in [0.1, 0.15) is 70.4 Å². The lowest BCUT2D eigenvalue weighted by atomic mass is 9.81. The van der Waals surface area contributed by atoms with Gasteiger partial charge in [0.15, 0.2) is 0 Å². The predicted molar refractivity (Wildman–Crippen MR) is 158 cm³/mol. The number of esters is 1. The van der Waals surface area contributed by atoms with Gasteiger partial charge >= 0.3 is 5.97 Å². The third kappa shape index (κ3) is 6.08. The van der Waals surface area contributed by atoms with Gasteiger partial charge in [-0.15, -0.1) is 6.42 Å². The first-order valence-electron chi connectivity index (χ1n) is 14.7. The van der Waals surface area contributed by atoms with E-state index in [0.29, 0.717) is 18.7 Å². The zero-order chi connectivity index (χ0) is 27.4. The Morgan fingerprint density at radius 1 is 1.10 bits per heavy atom. The molecule has 0 saturated carbocycles. The quantitative estimate of drug-likeness (QED) is 0.228. The topological polar surface area (TPSA) is 42.0 Å². The Kier molecular flexibility index (Phi) is 8.45. The van der Waals surface area contributed by atoms with Crippen molar-refractivity contribution in [1.82, 2.24) is 9.80 Å². The number of carbonyl (C=O) groups excluding carboxylic acids is 1. The van der Waals surface area contributed by atoms with Crippen molar-refractivity contribution in [3.63, 3.8) is 0 Å². The van der Waals surface area contributed by atoms with Crippen LogP contribution in [0.5, 0.6) is 11.5 Å². The van der Waals surface area contributed by atoms with E-state index < -0.39 is 5.60 Å². The second kappa shape index (κ2) is 12.0. The SMILES string of the molecule is C#CCN1CCC2=C(C1)c1c(OC(=O)CCCN3CCCCC3)cc(-c3ccccc3CC)cc1OC2(C)C. The number of hydrogen-bond acceptors (Lipinski definition) is 5. The highest BCUT2D eigenvalue weighted by molar-refractivity contribution is 5.87. The molecule has 3 aliphatic rings. The number of nitrogens with zero attached hydrogens (tertiary/aromatic N) is 2. The first kappa shape index (κ1) is 27.5. The molecule has 3 aliphatic heterocycles. The minimum Gasteiger partial charge on any atom is -0.483 e. The number of piperidine rings is 1. The van der Waals surface area contributed by atoms with Crippen LogP contribution in [0.2, 0.25) is 0 Å². The van der Waals surface area contributed by atoms with Gasteiger partial charge in [-0.1, -0.05) is 43.5 Å². The molecule has 0 amide bonds. The van der Waals surface area contributed by atoms with Gasteiger partial charge in [0.25, 0.3) is 0 Å². The fraction of sp³-hybridized carbons (Fsp3) is 0.500. The number of terminal acetylenes is 1. The van der Waals surface area contributed by atoms with Crippen molar-refractivity contribution < 1.29 is 14.3 Å². The molecule has 0 radical (unpaired) electrons. The molecule has 5 heteroatoms. The number of benzene rings is 2. The number of likely N-dealkylation sites (tertiary alicyclic amines) is 1. The smallest absolute Gasteiger partial charge is 0.311 e. The molecule has 2 aromatic carbocycles. The van der Waals surface area contributed by atoms with Crippen LogP contribution >= 0.6 is 0 Å². The lowest BCUT2D eigenvalue weighted by Gasteiger charge is -2.42. The van der Waals surface area contributed by atoms with Gasteiger partial charge in [0.1, 0.15) is 17.1 Å². The second-order valence-electron chi connectivity index (χ2n) is 11.6. The standard InChI is InChI=1S/C34H42N2O3/c1-5-17-36-21-16-29-28(24-36)33-30(38-32(37)15-12-20-35-18-10-7-11-19-35)22-26(23-31(33)39-34(29,3)4)27-14-9-8-13-25(27)6-2/h1,8-9,13-14,22-23H,6-7,10-12,15-21,24H2,2-4H3. The summed E-state index contributed by atoms with van der Waals surface area (Å²) in [6, 6.07) is 12.6. The lowest BCUT2D eigenvalue weighted by Crippen LogP contribution is -2.42. The van der Waals surface area contributed by atoms with Crippen molar-refractivity contribution in [3.8, 4) is 35.0 Å². The molecule has 0 aliphatic carbocycles. The van der Waals surface area contributed by atoms with Gasteiger partial charge in [-0.3, -0.25) is 9.69 Å². The molecule has 2 aromatic rings. The number of hydrogen-bond donors (Lipinski definition) is 0. The third-order valence-electron chi connectivity index (χ3n) is 8.44. The van der Waals surface area contributed by atoms with Crippen LogP contribution in [0.3, 0.4) is 0 Å². The lowest BCUT2D eigenvalue weighted by molar-refractivity contribution is -0.134. The average Bonchev–Trinajstić information content (AvgIpc) is 2.93. The molecule has 206 valence electrons. The minimum absolute atomic E-state index is 0.182. The van der Waals surface area contributed by atoms with Gasteiger partial charge in [-0.25, -0.2) is 0 Å². The van der Waals surface area contributed by atoms with Gasteiger partial charge in [0, 0.05) is 19.5 Å². The normalized spacial score (nSPS) is 19.0. The van der Waals surface area contributed by atoms with E-state index in [4.69, 9.17) is 15.9 Å². The Bertz CT molecular complexity index is 1280. The fourth-order valence-electron chi connectivity index (χ4n) is 6.43. The van der Waals surface area contributed by atoms with Gasteiger partial charge in [-0.2, -0.15) is 0 Å². The maximum Gasteiger partial charge on any atom is 0.311 e. The maximum atomic E-state index is 13.2. The summed E-state index contributed by atoms with van der Waals surface area (Å²) in [6.45, 7) is 11.9. The van der Waals surface area contributed by atoms with Crippen LogP contribution in [0.25, 0.3) is 16.7 Å². The predicted octanol–water partition coefficient (Wildman–Crippen LogP) is 6.35. The molecule has 0 aromatic heterocycles. The zero-order valence-electron chi connectivity index (χ0n) is 23.9. The zero-order valence-corrected chi connectivity index (χ0v) is 23.9. The van der Waals surface area contributed by atoms with Crippen molar-refractivity contribution in [1.29, 1.82) is 0 Å². The monoisotopic (exact) mass is 526 g/mol. The molecule has 5 rings (SSSR count). The molecule has 0 spiro atoms. The summed E-state index contributed by atoms with van der Waals surface area (Å²) in [5, 5.41) is 0. The van der Waals surface area contributed by atoms with E-state index in [0.717, 1.165) is 74.4 Å². The van der Waals surface area contributed by atoms with Gasteiger partial charge < -0.3 is 14.4 Å². The van der Waals surface area contributed by atoms with Crippen molar-refractivity contribution in [2.45, 2.75) is 71.3 Å². The van der Waals surface area contributed by atoms with Crippen molar-refractivity contribution >= 4 is 11.5 Å². The Morgan fingerprint density at radius 2 is 1.90 bits per heavy atom. The van der Waals surface area contributed by atoms with E-state index in [1.54, 1.807) is 0 Å². The molecule has 0 N–H and O–H groups in total. The Morgan fingerprint density at radius 3 is 2.67 bits per heavy atom. The first-order chi connectivity index (χ1) is 18.9. The van der Waals surface area contributed by atoms with E-state index in [-0.39, 0.29) is 5.97 Å². The van der Waals surface area contributed by atoms with Gasteiger partial charge in [0.05, 0.1) is 12.1 Å². The van der Waals surface area contributed by atoms with E-state index in [1.807, 2.05) is 6.07 Å². The summed E-state index contributed by atoms with van der Waals surface area (Å²) < 4.78 is 12.9. The van der Waals surface area contributed by atoms with Crippen LogP contribution in [0.15, 0.2) is 42.0 Å². The molecule has 5 nitrogen and oxygen atoms in total. The third-order valence-corrected chi connectivity index (χ3v) is 8.44. The average molecular weight is 527 g/mol. The van der Waals surface area contributed by atoms with Crippen molar-refractivity contribution in [2.24, 2.45) is 0 Å². The van der Waals surface area contributed by atoms with E-state index >= 15 is 0 Å². The summed E-state index contributed by atoms with van der Waals surface area (Å²) in [7, 11) is 0. The van der Waals surface area contributed by atoms with Crippen LogP contribution in [0.4, 0.5) is 0 Å². The number of rotatable bonds is 8. The number of ether oxygens (including phenoxy) is 2. The van der Waals surface area contributed by atoms with E-state index in [2.05, 4.69) is 66.8 Å². The number of aryl methyl sites for hydroxylation is 1. The maximum absolute atomic E-state index is 13.2. The largest absolute Gasteiger partial charge is 0.483 e. The van der Waals surface area contributed by atoms with Crippen LogP contribution in [-0.4, -0.2) is 60.6 Å². The Balaban J connectivity index is 1.50. The summed E-state index contributed by atoms with van der Waals surface area (Å²) >= 11 is 0. The molecule has 0 unspecified atom stereocenters. The molecular weight excluding hydrogens is 484 g/mol. The van der Waals surface area contributed by atoms with Crippen molar-refractivity contribution in [2.75, 3.05) is 39.3 Å². The van der Waals surface area contributed by atoms with Crippen LogP contribution in [0, 0.1) is 12.3 Å². The van der Waals surface area contributed by atoms with Gasteiger partial charge in [0.2, 0.25) is 0 Å². The Labute approximate surface area is 234 Å². The van der Waals surface area contributed by atoms with Crippen molar-refractivity contribution in [3.05, 3.63) is 53.1 Å². The summed E-state index contributed by atoms with van der Waals surface area (Å²) in [5.74, 6) is 4.00. The number of carbonyl (C=O) groups is 1. The highest BCUT2D eigenvalue weighted by atomic mass is 16.5. The highest BCUT2D eigenvalue weighted by Crippen LogP contribution is 2.50. The highest BCUT2D eigenvalue weighted by Gasteiger charge is 2.39. The molecule has 1 fully saturated rings. The number of fused-ring (bicyclic) bond motifs is 2. The minimum atomic E-state index is -0.441. The second-order valence-corrected chi connectivity index (χ2v) is 11.6. The molecule has 0 bridgehead atoms. The van der Waals surface area contributed by atoms with Crippen LogP contribution in [-0.2, 0) is 11.2 Å². The van der Waals surface area contributed by atoms with E-state index in [1.165, 1.54) is 36.0 Å². The Hall–Kier alpha value is -3.07. The van der Waals surface area contributed by atoms with Gasteiger partial charge in [-0.05, 0) is 106 Å². The summed E-state index contributed by atoms with van der Waals surface area (Å²) in [4.78, 5) is 18.0. The molecule has 39 heavy (non-hydrogen) atoms. The van der Waals surface area contributed by atoms with E-state index in [9.17, 15) is 4.79 Å². The summed E-state index contributed by atoms with van der Waals surface area (Å²) in [5.41, 5.74) is 6.34. The summed E-state index contributed by atoms with van der Waals surface area (Å²) in [6.07, 6.45) is 12.5. The fourth-order valence-corrected chi connectivity index (χ4v) is 6.43. The molecular formula is C34H42N2O3.